The SMILES string of the molecule is CNCc1ccnc(-c2ccc(Cl)cn2)n1. The zero-order chi connectivity index (χ0) is 11.4. The van der Waals surface area contributed by atoms with E-state index in [4.69, 9.17) is 11.6 Å². The van der Waals surface area contributed by atoms with E-state index in [0.717, 1.165) is 11.4 Å². The molecule has 0 aliphatic heterocycles. The molecule has 1 N–H and O–H groups in total. The van der Waals surface area contributed by atoms with Crippen molar-refractivity contribution >= 4 is 11.6 Å². The minimum atomic E-state index is 0.607. The molecule has 5 heteroatoms. The lowest BCUT2D eigenvalue weighted by Crippen LogP contribution is -2.07. The van der Waals surface area contributed by atoms with Crippen molar-refractivity contribution in [3.8, 4) is 11.5 Å². The Hall–Kier alpha value is -1.52. The second-order valence-electron chi connectivity index (χ2n) is 3.26. The highest BCUT2D eigenvalue weighted by Crippen LogP contribution is 2.14. The smallest absolute Gasteiger partial charge is 0.178 e. The first kappa shape index (κ1) is 11.0. The van der Waals surface area contributed by atoms with E-state index in [0.29, 0.717) is 17.4 Å². The first-order valence-electron chi connectivity index (χ1n) is 4.88. The van der Waals surface area contributed by atoms with Crippen LogP contribution in [0, 0.1) is 0 Å². The van der Waals surface area contributed by atoms with E-state index in [2.05, 4.69) is 20.3 Å². The maximum Gasteiger partial charge on any atom is 0.178 e. The van der Waals surface area contributed by atoms with Gasteiger partial charge in [0.1, 0.15) is 5.69 Å². The van der Waals surface area contributed by atoms with Crippen LogP contribution in [0.3, 0.4) is 0 Å². The van der Waals surface area contributed by atoms with Crippen LogP contribution in [0.25, 0.3) is 11.5 Å². The third-order valence-corrected chi connectivity index (χ3v) is 2.25. The van der Waals surface area contributed by atoms with Gasteiger partial charge in [0, 0.05) is 18.9 Å². The largest absolute Gasteiger partial charge is 0.314 e. The van der Waals surface area contributed by atoms with Gasteiger partial charge in [0.25, 0.3) is 0 Å². The van der Waals surface area contributed by atoms with Gasteiger partial charge in [-0.15, -0.1) is 0 Å². The van der Waals surface area contributed by atoms with Crippen LogP contribution >= 0.6 is 11.6 Å². The van der Waals surface area contributed by atoms with E-state index in [9.17, 15) is 0 Å². The van der Waals surface area contributed by atoms with Crippen molar-refractivity contribution in [2.45, 2.75) is 6.54 Å². The third kappa shape index (κ3) is 2.53. The lowest BCUT2D eigenvalue weighted by atomic mass is 10.3. The molecular formula is C11H11ClN4. The average molecular weight is 235 g/mol. The molecule has 0 unspecified atom stereocenters. The molecule has 0 amide bonds. The molecule has 82 valence electrons. The lowest BCUT2D eigenvalue weighted by Gasteiger charge is -2.02. The van der Waals surface area contributed by atoms with E-state index in [1.54, 1.807) is 24.5 Å². The minimum absolute atomic E-state index is 0.607. The summed E-state index contributed by atoms with van der Waals surface area (Å²) in [7, 11) is 1.88. The summed E-state index contributed by atoms with van der Waals surface area (Å²) in [5.74, 6) is 0.615. The zero-order valence-corrected chi connectivity index (χ0v) is 9.57. The number of rotatable bonds is 3. The van der Waals surface area contributed by atoms with Gasteiger partial charge >= 0.3 is 0 Å². The quantitative estimate of drug-likeness (QED) is 0.882. The molecule has 0 spiro atoms. The molecular weight excluding hydrogens is 224 g/mol. The minimum Gasteiger partial charge on any atom is -0.314 e. The second kappa shape index (κ2) is 5.01. The lowest BCUT2D eigenvalue weighted by molar-refractivity contribution is 0.787. The summed E-state index contributed by atoms with van der Waals surface area (Å²) in [4.78, 5) is 12.7. The Bertz CT molecular complexity index is 470. The van der Waals surface area contributed by atoms with E-state index >= 15 is 0 Å². The standard InChI is InChI=1S/C11H11ClN4/c1-13-7-9-4-5-14-11(16-9)10-3-2-8(12)6-15-10/h2-6,13H,7H2,1H3. The highest BCUT2D eigenvalue weighted by atomic mass is 35.5. The summed E-state index contributed by atoms with van der Waals surface area (Å²) in [5, 5.41) is 3.65. The topological polar surface area (TPSA) is 50.7 Å². The molecule has 2 aromatic rings. The van der Waals surface area contributed by atoms with Crippen molar-refractivity contribution in [1.29, 1.82) is 0 Å². The van der Waals surface area contributed by atoms with Crippen molar-refractivity contribution in [2.75, 3.05) is 7.05 Å². The molecule has 0 aliphatic rings. The molecule has 0 saturated carbocycles. The molecule has 2 heterocycles. The first-order chi connectivity index (χ1) is 7.79. The Morgan fingerprint density at radius 2 is 2.12 bits per heavy atom. The number of nitrogens with one attached hydrogen (secondary N) is 1. The monoisotopic (exact) mass is 234 g/mol. The zero-order valence-electron chi connectivity index (χ0n) is 8.81. The third-order valence-electron chi connectivity index (χ3n) is 2.03. The Balaban J connectivity index is 2.32. The van der Waals surface area contributed by atoms with E-state index < -0.39 is 0 Å². The fourth-order valence-electron chi connectivity index (χ4n) is 1.31. The molecule has 0 fully saturated rings. The number of halogens is 1. The molecule has 2 rings (SSSR count). The molecule has 0 atom stereocenters. The summed E-state index contributed by atoms with van der Waals surface area (Å²) in [6.45, 7) is 0.711. The summed E-state index contributed by atoms with van der Waals surface area (Å²) < 4.78 is 0. The van der Waals surface area contributed by atoms with E-state index in [-0.39, 0.29) is 0 Å². The number of pyridine rings is 1. The number of nitrogens with zero attached hydrogens (tertiary/aromatic N) is 3. The maximum atomic E-state index is 5.77. The summed E-state index contributed by atoms with van der Waals surface area (Å²) in [5.41, 5.74) is 1.66. The number of hydrogen-bond donors (Lipinski definition) is 1. The molecule has 0 saturated heterocycles. The molecule has 0 radical (unpaired) electrons. The number of hydrogen-bond acceptors (Lipinski definition) is 4. The maximum absolute atomic E-state index is 5.77. The van der Waals surface area contributed by atoms with Gasteiger partial charge in [-0.25, -0.2) is 9.97 Å². The van der Waals surface area contributed by atoms with Gasteiger partial charge in [-0.1, -0.05) is 11.6 Å². The van der Waals surface area contributed by atoms with E-state index in [1.807, 2.05) is 13.1 Å². The fourth-order valence-corrected chi connectivity index (χ4v) is 1.42. The average Bonchev–Trinajstić information content (AvgIpc) is 2.31. The van der Waals surface area contributed by atoms with Crippen LogP contribution in [0.1, 0.15) is 5.69 Å². The Morgan fingerprint density at radius 3 is 2.81 bits per heavy atom. The van der Waals surface area contributed by atoms with Gasteiger partial charge in [-0.2, -0.15) is 0 Å². The fraction of sp³-hybridized carbons (Fsp3) is 0.182. The number of aromatic nitrogens is 3. The Labute approximate surface area is 98.7 Å². The van der Waals surface area contributed by atoms with Crippen LogP contribution in [-0.4, -0.2) is 22.0 Å². The van der Waals surface area contributed by atoms with E-state index in [1.165, 1.54) is 0 Å². The van der Waals surface area contributed by atoms with Crippen LogP contribution in [0.15, 0.2) is 30.6 Å². The van der Waals surface area contributed by atoms with Crippen molar-refractivity contribution in [1.82, 2.24) is 20.3 Å². The second-order valence-corrected chi connectivity index (χ2v) is 3.70. The van der Waals surface area contributed by atoms with Crippen LogP contribution in [0.4, 0.5) is 0 Å². The van der Waals surface area contributed by atoms with Gasteiger partial charge in [0.05, 0.1) is 10.7 Å². The Morgan fingerprint density at radius 1 is 1.25 bits per heavy atom. The van der Waals surface area contributed by atoms with Crippen LogP contribution in [0.2, 0.25) is 5.02 Å². The Kier molecular flexibility index (Phi) is 3.44. The van der Waals surface area contributed by atoms with Gasteiger partial charge in [0.15, 0.2) is 5.82 Å². The van der Waals surface area contributed by atoms with Crippen molar-refractivity contribution < 1.29 is 0 Å². The van der Waals surface area contributed by atoms with Crippen LogP contribution < -0.4 is 5.32 Å². The van der Waals surface area contributed by atoms with Crippen molar-refractivity contribution in [2.24, 2.45) is 0 Å². The summed E-state index contributed by atoms with van der Waals surface area (Å²) >= 11 is 5.77. The molecule has 2 aromatic heterocycles. The normalized spacial score (nSPS) is 10.4. The molecule has 0 aromatic carbocycles. The molecule has 0 bridgehead atoms. The van der Waals surface area contributed by atoms with Gasteiger partial charge < -0.3 is 5.32 Å². The summed E-state index contributed by atoms with van der Waals surface area (Å²) in [6.07, 6.45) is 3.32. The molecule has 16 heavy (non-hydrogen) atoms. The molecule has 4 nitrogen and oxygen atoms in total. The van der Waals surface area contributed by atoms with Gasteiger partial charge in [-0.05, 0) is 25.2 Å². The predicted molar refractivity (Wildman–Crippen MR) is 63.0 cm³/mol. The van der Waals surface area contributed by atoms with Crippen LogP contribution in [0.5, 0.6) is 0 Å². The predicted octanol–water partition coefficient (Wildman–Crippen LogP) is 1.91. The first-order valence-corrected chi connectivity index (χ1v) is 5.26. The van der Waals surface area contributed by atoms with Crippen molar-refractivity contribution in [3.63, 3.8) is 0 Å². The summed E-state index contributed by atoms with van der Waals surface area (Å²) in [6, 6.07) is 5.45. The van der Waals surface area contributed by atoms with Gasteiger partial charge in [0.2, 0.25) is 0 Å². The van der Waals surface area contributed by atoms with Crippen molar-refractivity contribution in [3.05, 3.63) is 41.3 Å². The van der Waals surface area contributed by atoms with Gasteiger partial charge in [-0.3, -0.25) is 4.98 Å². The highest BCUT2D eigenvalue weighted by Gasteiger charge is 2.03. The highest BCUT2D eigenvalue weighted by molar-refractivity contribution is 6.30. The van der Waals surface area contributed by atoms with Crippen LogP contribution in [-0.2, 0) is 6.54 Å². The molecule has 0 aliphatic carbocycles.